The fourth-order valence-corrected chi connectivity index (χ4v) is 4.38. The van der Waals surface area contributed by atoms with Crippen molar-refractivity contribution in [1.82, 2.24) is 10.2 Å². The zero-order chi connectivity index (χ0) is 23.3. The van der Waals surface area contributed by atoms with Crippen LogP contribution < -0.4 is 10.1 Å². The number of nitrogens with one attached hydrogen (secondary N) is 1. The Balaban J connectivity index is 1.39. The number of hydrogen-bond acceptors (Lipinski definition) is 5. The van der Waals surface area contributed by atoms with Crippen LogP contribution in [0.1, 0.15) is 47.0 Å². The molecule has 170 valence electrons. The van der Waals surface area contributed by atoms with Gasteiger partial charge in [-0.3, -0.25) is 9.69 Å². The largest absolute Gasteiger partial charge is 0.484 e. The highest BCUT2D eigenvalue weighted by Gasteiger charge is 2.24. The number of para-hydroxylation sites is 1. The molecular formula is C27H28N2O3S. The van der Waals surface area contributed by atoms with E-state index in [0.717, 1.165) is 24.4 Å². The molecule has 0 unspecified atom stereocenters. The van der Waals surface area contributed by atoms with Crippen LogP contribution in [0.3, 0.4) is 0 Å². The summed E-state index contributed by atoms with van der Waals surface area (Å²) in [5, 5.41) is 17.0. The summed E-state index contributed by atoms with van der Waals surface area (Å²) >= 11 is 1.67. The number of carbonyl (C=O) groups excluding carboxylic acids is 1. The number of rotatable bonds is 5. The first-order chi connectivity index (χ1) is 15.9. The van der Waals surface area contributed by atoms with Gasteiger partial charge in [-0.15, -0.1) is 0 Å². The van der Waals surface area contributed by atoms with Crippen LogP contribution in [0, 0.1) is 11.8 Å². The SMILES string of the molecule is CC(C)(O)C#Cc1cccc(C(=O)NCCN2Cc3ccccc3O[C@@H](c3ccsc3)C2)c1. The van der Waals surface area contributed by atoms with Crippen molar-refractivity contribution in [3.63, 3.8) is 0 Å². The number of amides is 1. The predicted octanol–water partition coefficient (Wildman–Crippen LogP) is 4.24. The second-order valence-corrected chi connectivity index (χ2v) is 9.43. The first-order valence-electron chi connectivity index (χ1n) is 11.0. The summed E-state index contributed by atoms with van der Waals surface area (Å²) in [6.45, 7) is 6.02. The van der Waals surface area contributed by atoms with Crippen LogP contribution in [0.5, 0.6) is 5.75 Å². The summed E-state index contributed by atoms with van der Waals surface area (Å²) in [5.41, 5.74) is 2.51. The van der Waals surface area contributed by atoms with Crippen LogP contribution in [-0.2, 0) is 6.54 Å². The Hall–Kier alpha value is -3.11. The molecule has 0 saturated heterocycles. The maximum absolute atomic E-state index is 12.7. The van der Waals surface area contributed by atoms with Crippen molar-refractivity contribution in [3.05, 3.63) is 87.6 Å². The molecule has 2 aromatic carbocycles. The molecule has 4 rings (SSSR count). The predicted molar refractivity (Wildman–Crippen MR) is 131 cm³/mol. The molecule has 0 fully saturated rings. The minimum Gasteiger partial charge on any atom is -0.484 e. The van der Waals surface area contributed by atoms with Crippen LogP contribution in [-0.4, -0.2) is 41.1 Å². The van der Waals surface area contributed by atoms with Crippen molar-refractivity contribution in [2.45, 2.75) is 32.1 Å². The van der Waals surface area contributed by atoms with Crippen LogP contribution in [0.2, 0.25) is 0 Å². The lowest BCUT2D eigenvalue weighted by Gasteiger charge is -2.23. The van der Waals surface area contributed by atoms with Gasteiger partial charge >= 0.3 is 0 Å². The van der Waals surface area contributed by atoms with Gasteiger partial charge in [0.05, 0.1) is 0 Å². The van der Waals surface area contributed by atoms with E-state index in [2.05, 4.69) is 45.0 Å². The van der Waals surface area contributed by atoms with Gasteiger partial charge in [0.25, 0.3) is 5.91 Å². The van der Waals surface area contributed by atoms with E-state index in [0.29, 0.717) is 24.2 Å². The topological polar surface area (TPSA) is 61.8 Å². The normalized spacial score (nSPS) is 16.0. The lowest BCUT2D eigenvalue weighted by atomic mass is 10.1. The zero-order valence-corrected chi connectivity index (χ0v) is 19.7. The number of benzene rings is 2. The lowest BCUT2D eigenvalue weighted by molar-refractivity contribution is 0.0943. The molecule has 0 spiro atoms. The summed E-state index contributed by atoms with van der Waals surface area (Å²) < 4.78 is 6.34. The molecule has 6 heteroatoms. The van der Waals surface area contributed by atoms with Gasteiger partial charge in [-0.1, -0.05) is 36.1 Å². The molecule has 33 heavy (non-hydrogen) atoms. The number of carbonyl (C=O) groups is 1. The van der Waals surface area contributed by atoms with Gasteiger partial charge in [-0.05, 0) is 54.9 Å². The molecule has 1 aromatic heterocycles. The number of aliphatic hydroxyl groups is 1. The Bertz CT molecular complexity index is 1160. The third-order valence-electron chi connectivity index (χ3n) is 5.33. The van der Waals surface area contributed by atoms with E-state index in [-0.39, 0.29) is 12.0 Å². The third kappa shape index (κ3) is 6.45. The van der Waals surface area contributed by atoms with Gasteiger partial charge in [-0.25, -0.2) is 0 Å². The quantitative estimate of drug-likeness (QED) is 0.559. The van der Waals surface area contributed by atoms with Gasteiger partial charge in [0, 0.05) is 48.4 Å². The number of hydrogen-bond donors (Lipinski definition) is 2. The van der Waals surface area contributed by atoms with E-state index < -0.39 is 5.60 Å². The number of fused-ring (bicyclic) bond motifs is 1. The first-order valence-corrected chi connectivity index (χ1v) is 11.9. The Labute approximate surface area is 199 Å². The van der Waals surface area contributed by atoms with Crippen molar-refractivity contribution >= 4 is 17.2 Å². The van der Waals surface area contributed by atoms with E-state index >= 15 is 0 Å². The average Bonchev–Trinajstić information content (AvgIpc) is 3.26. The summed E-state index contributed by atoms with van der Waals surface area (Å²) in [7, 11) is 0. The minimum atomic E-state index is -1.07. The Kier molecular flexibility index (Phi) is 7.14. The Morgan fingerprint density at radius 2 is 2.09 bits per heavy atom. The highest BCUT2D eigenvalue weighted by molar-refractivity contribution is 7.07. The van der Waals surface area contributed by atoms with Gasteiger partial charge < -0.3 is 15.2 Å². The van der Waals surface area contributed by atoms with Crippen molar-refractivity contribution in [2.75, 3.05) is 19.6 Å². The molecule has 5 nitrogen and oxygen atoms in total. The first kappa shape index (κ1) is 23.1. The molecule has 1 atom stereocenters. The molecule has 0 radical (unpaired) electrons. The van der Waals surface area contributed by atoms with E-state index in [1.54, 1.807) is 43.4 Å². The number of nitrogens with zero attached hydrogens (tertiary/aromatic N) is 1. The lowest BCUT2D eigenvalue weighted by Crippen LogP contribution is -2.36. The maximum atomic E-state index is 12.7. The van der Waals surface area contributed by atoms with E-state index in [1.165, 1.54) is 5.56 Å². The minimum absolute atomic E-state index is 0.0402. The van der Waals surface area contributed by atoms with Gasteiger partial charge in [0.1, 0.15) is 17.5 Å². The summed E-state index contributed by atoms with van der Waals surface area (Å²) in [6, 6.07) is 17.4. The number of ether oxygens (including phenoxy) is 1. The molecule has 2 N–H and O–H groups in total. The maximum Gasteiger partial charge on any atom is 0.251 e. The summed E-state index contributed by atoms with van der Waals surface area (Å²) in [5.74, 6) is 6.48. The zero-order valence-electron chi connectivity index (χ0n) is 18.9. The Morgan fingerprint density at radius 3 is 2.88 bits per heavy atom. The van der Waals surface area contributed by atoms with E-state index in [9.17, 15) is 9.90 Å². The van der Waals surface area contributed by atoms with E-state index in [1.807, 2.05) is 24.3 Å². The fraction of sp³-hybridized carbons (Fsp3) is 0.296. The standard InChI is InChI=1S/C27H28N2O3S/c1-27(2,31)12-10-20-6-5-8-21(16-20)26(30)28-13-14-29-17-22-7-3-4-9-24(22)32-25(18-29)23-11-15-33-19-23/h3-9,11,15-16,19,25,31H,13-14,17-18H2,1-2H3,(H,28,30)/t25-/m1/s1. The molecule has 1 aliphatic heterocycles. The van der Waals surface area contributed by atoms with Crippen LogP contribution in [0.25, 0.3) is 0 Å². The third-order valence-corrected chi connectivity index (χ3v) is 6.03. The second kappa shape index (κ2) is 10.2. The van der Waals surface area contributed by atoms with Crippen molar-refractivity contribution in [1.29, 1.82) is 0 Å². The monoisotopic (exact) mass is 460 g/mol. The van der Waals surface area contributed by atoms with Crippen molar-refractivity contribution in [2.24, 2.45) is 0 Å². The molecule has 3 aromatic rings. The van der Waals surface area contributed by atoms with Crippen molar-refractivity contribution < 1.29 is 14.6 Å². The molecule has 2 heterocycles. The van der Waals surface area contributed by atoms with Crippen LogP contribution >= 0.6 is 11.3 Å². The summed E-state index contributed by atoms with van der Waals surface area (Å²) in [4.78, 5) is 15.0. The molecule has 0 aliphatic carbocycles. The highest BCUT2D eigenvalue weighted by Crippen LogP contribution is 2.31. The van der Waals surface area contributed by atoms with Gasteiger partial charge in [0.2, 0.25) is 0 Å². The second-order valence-electron chi connectivity index (χ2n) is 8.65. The fourth-order valence-electron chi connectivity index (χ4n) is 3.67. The molecule has 1 aliphatic rings. The molecule has 1 amide bonds. The number of thiophene rings is 1. The highest BCUT2D eigenvalue weighted by atomic mass is 32.1. The molecule has 0 bridgehead atoms. The average molecular weight is 461 g/mol. The molecule has 0 saturated carbocycles. The van der Waals surface area contributed by atoms with Crippen LogP contribution in [0.4, 0.5) is 0 Å². The van der Waals surface area contributed by atoms with Crippen molar-refractivity contribution in [3.8, 4) is 17.6 Å². The summed E-state index contributed by atoms with van der Waals surface area (Å²) in [6.07, 6.45) is -0.0402. The van der Waals surface area contributed by atoms with E-state index in [4.69, 9.17) is 4.74 Å². The smallest absolute Gasteiger partial charge is 0.251 e. The van der Waals surface area contributed by atoms with Crippen LogP contribution in [0.15, 0.2) is 65.4 Å². The molecular weight excluding hydrogens is 432 g/mol. The van der Waals surface area contributed by atoms with Gasteiger partial charge in [0.15, 0.2) is 0 Å². The Morgan fingerprint density at radius 1 is 1.24 bits per heavy atom. The van der Waals surface area contributed by atoms with Gasteiger partial charge in [-0.2, -0.15) is 11.3 Å².